The van der Waals surface area contributed by atoms with Gasteiger partial charge in [0.2, 0.25) is 5.91 Å². The summed E-state index contributed by atoms with van der Waals surface area (Å²) in [5, 5.41) is 3.14. The van der Waals surface area contributed by atoms with E-state index in [0.717, 1.165) is 24.9 Å². The SMILES string of the molecule is Cl.Cl.NC(C(=O)NC1CCN2CCCC2C1)c1ccccc1. The first-order chi connectivity index (χ1) is 9.74. The highest BCUT2D eigenvalue weighted by atomic mass is 35.5. The molecule has 2 aliphatic rings. The zero-order valence-corrected chi connectivity index (χ0v) is 14.2. The molecule has 0 saturated carbocycles. The number of rotatable bonds is 3. The van der Waals surface area contributed by atoms with Crippen LogP contribution >= 0.6 is 24.8 Å². The molecule has 1 amide bonds. The van der Waals surface area contributed by atoms with Crippen LogP contribution < -0.4 is 11.1 Å². The van der Waals surface area contributed by atoms with E-state index in [-0.39, 0.29) is 36.8 Å². The minimum Gasteiger partial charge on any atom is -0.352 e. The van der Waals surface area contributed by atoms with Gasteiger partial charge in [0.25, 0.3) is 0 Å². The quantitative estimate of drug-likeness (QED) is 0.883. The smallest absolute Gasteiger partial charge is 0.241 e. The molecule has 0 radical (unpaired) electrons. The van der Waals surface area contributed by atoms with Crippen molar-refractivity contribution in [3.8, 4) is 0 Å². The highest BCUT2D eigenvalue weighted by Gasteiger charge is 2.32. The van der Waals surface area contributed by atoms with Crippen LogP contribution in [0.15, 0.2) is 30.3 Å². The normalized spacial score (nSPS) is 25.3. The Morgan fingerprint density at radius 3 is 2.64 bits per heavy atom. The van der Waals surface area contributed by atoms with Crippen molar-refractivity contribution in [1.29, 1.82) is 0 Å². The molecule has 2 saturated heterocycles. The third-order valence-corrected chi connectivity index (χ3v) is 4.61. The highest BCUT2D eigenvalue weighted by molar-refractivity contribution is 5.85. The van der Waals surface area contributed by atoms with Crippen molar-refractivity contribution in [3.05, 3.63) is 35.9 Å². The molecule has 0 aliphatic carbocycles. The first kappa shape index (κ1) is 19.2. The fourth-order valence-corrected chi connectivity index (χ4v) is 3.46. The summed E-state index contributed by atoms with van der Waals surface area (Å²) in [5.41, 5.74) is 6.92. The van der Waals surface area contributed by atoms with Crippen molar-refractivity contribution in [2.24, 2.45) is 5.73 Å². The van der Waals surface area contributed by atoms with E-state index >= 15 is 0 Å². The van der Waals surface area contributed by atoms with E-state index in [4.69, 9.17) is 5.73 Å². The molecule has 6 heteroatoms. The summed E-state index contributed by atoms with van der Waals surface area (Å²) in [6, 6.07) is 9.98. The zero-order chi connectivity index (χ0) is 13.9. The van der Waals surface area contributed by atoms with Gasteiger partial charge in [-0.15, -0.1) is 24.8 Å². The Balaban J connectivity index is 0.00000121. The van der Waals surface area contributed by atoms with Gasteiger partial charge in [0.1, 0.15) is 6.04 Å². The Hall–Kier alpha value is -0.810. The van der Waals surface area contributed by atoms with Crippen molar-refractivity contribution in [1.82, 2.24) is 10.2 Å². The van der Waals surface area contributed by atoms with E-state index in [1.807, 2.05) is 30.3 Å². The topological polar surface area (TPSA) is 58.4 Å². The van der Waals surface area contributed by atoms with Gasteiger partial charge in [0, 0.05) is 18.6 Å². The number of carbonyl (C=O) groups is 1. The molecule has 124 valence electrons. The van der Waals surface area contributed by atoms with Crippen molar-refractivity contribution in [3.63, 3.8) is 0 Å². The molecule has 22 heavy (non-hydrogen) atoms. The molecule has 3 atom stereocenters. The molecule has 3 rings (SSSR count). The van der Waals surface area contributed by atoms with Gasteiger partial charge in [-0.2, -0.15) is 0 Å². The van der Waals surface area contributed by atoms with Crippen molar-refractivity contribution in [2.75, 3.05) is 13.1 Å². The summed E-state index contributed by atoms with van der Waals surface area (Å²) >= 11 is 0. The second-order valence-electron chi connectivity index (χ2n) is 5.95. The summed E-state index contributed by atoms with van der Waals surface area (Å²) in [5.74, 6) is -0.0485. The molecule has 0 bridgehead atoms. The Bertz CT molecular complexity index is 472. The van der Waals surface area contributed by atoms with Gasteiger partial charge in [-0.25, -0.2) is 0 Å². The number of nitrogens with two attached hydrogens (primary N) is 1. The van der Waals surface area contributed by atoms with E-state index < -0.39 is 6.04 Å². The molecular weight excluding hydrogens is 321 g/mol. The number of halogens is 2. The number of carbonyl (C=O) groups excluding carboxylic acids is 1. The molecule has 3 unspecified atom stereocenters. The molecule has 2 fully saturated rings. The van der Waals surface area contributed by atoms with Gasteiger partial charge in [-0.05, 0) is 37.8 Å². The largest absolute Gasteiger partial charge is 0.352 e. The van der Waals surface area contributed by atoms with Gasteiger partial charge in [0.15, 0.2) is 0 Å². The van der Waals surface area contributed by atoms with E-state index in [1.54, 1.807) is 0 Å². The predicted octanol–water partition coefficient (Wildman–Crippen LogP) is 2.27. The lowest BCUT2D eigenvalue weighted by Crippen LogP contribution is -2.49. The summed E-state index contributed by atoms with van der Waals surface area (Å²) < 4.78 is 0. The molecule has 3 N–H and O–H groups in total. The van der Waals surface area contributed by atoms with Crippen molar-refractivity contribution >= 4 is 30.7 Å². The van der Waals surface area contributed by atoms with Crippen molar-refractivity contribution < 1.29 is 4.79 Å². The Morgan fingerprint density at radius 2 is 1.91 bits per heavy atom. The Morgan fingerprint density at radius 1 is 1.18 bits per heavy atom. The predicted molar refractivity (Wildman–Crippen MR) is 93.6 cm³/mol. The third-order valence-electron chi connectivity index (χ3n) is 4.61. The zero-order valence-electron chi connectivity index (χ0n) is 12.6. The molecule has 2 heterocycles. The molecule has 0 spiro atoms. The third kappa shape index (κ3) is 4.35. The molecule has 4 nitrogen and oxygen atoms in total. The molecule has 0 aromatic heterocycles. The van der Waals surface area contributed by atoms with Crippen LogP contribution in [-0.2, 0) is 4.79 Å². The lowest BCUT2D eigenvalue weighted by Gasteiger charge is -2.35. The van der Waals surface area contributed by atoms with E-state index in [0.29, 0.717) is 6.04 Å². The summed E-state index contributed by atoms with van der Waals surface area (Å²) in [6.07, 6.45) is 4.70. The number of nitrogens with zero attached hydrogens (tertiary/aromatic N) is 1. The van der Waals surface area contributed by atoms with Crippen LogP contribution in [0.2, 0.25) is 0 Å². The van der Waals surface area contributed by atoms with Crippen LogP contribution in [-0.4, -0.2) is 36.0 Å². The fourth-order valence-electron chi connectivity index (χ4n) is 3.46. The number of amides is 1. The van der Waals surface area contributed by atoms with E-state index in [2.05, 4.69) is 10.2 Å². The van der Waals surface area contributed by atoms with E-state index in [1.165, 1.54) is 19.4 Å². The maximum absolute atomic E-state index is 12.3. The number of hydrogen-bond acceptors (Lipinski definition) is 3. The molecule has 1 aromatic carbocycles. The van der Waals surface area contributed by atoms with Crippen LogP contribution in [0.5, 0.6) is 0 Å². The lowest BCUT2D eigenvalue weighted by molar-refractivity contribution is -0.123. The van der Waals surface area contributed by atoms with Gasteiger partial charge in [0.05, 0.1) is 0 Å². The highest BCUT2D eigenvalue weighted by Crippen LogP contribution is 2.27. The standard InChI is InChI=1S/C16H23N3O.2ClH/c17-15(12-5-2-1-3-6-12)16(20)18-13-8-10-19-9-4-7-14(19)11-13;;/h1-3,5-6,13-15H,4,7-11,17H2,(H,18,20);2*1H. The number of benzene rings is 1. The minimum atomic E-state index is -0.558. The lowest BCUT2D eigenvalue weighted by atomic mass is 9.97. The average molecular weight is 346 g/mol. The maximum atomic E-state index is 12.3. The molecule has 1 aromatic rings. The number of fused-ring (bicyclic) bond motifs is 1. The number of nitrogens with one attached hydrogen (secondary N) is 1. The Kier molecular flexibility index (Phi) is 7.63. The summed E-state index contributed by atoms with van der Waals surface area (Å²) in [7, 11) is 0. The van der Waals surface area contributed by atoms with Crippen molar-refractivity contribution in [2.45, 2.75) is 43.8 Å². The van der Waals surface area contributed by atoms with Gasteiger partial charge in [-0.1, -0.05) is 30.3 Å². The first-order valence-corrected chi connectivity index (χ1v) is 7.59. The van der Waals surface area contributed by atoms with Crippen LogP contribution in [0.3, 0.4) is 0 Å². The van der Waals surface area contributed by atoms with Crippen LogP contribution in [0.25, 0.3) is 0 Å². The monoisotopic (exact) mass is 345 g/mol. The Labute approximate surface area is 144 Å². The second kappa shape index (κ2) is 8.73. The van der Waals surface area contributed by atoms with Crippen LogP contribution in [0, 0.1) is 0 Å². The minimum absolute atomic E-state index is 0. The molecule has 2 aliphatic heterocycles. The summed E-state index contributed by atoms with van der Waals surface area (Å²) in [4.78, 5) is 14.8. The fraction of sp³-hybridized carbons (Fsp3) is 0.562. The number of hydrogen-bond donors (Lipinski definition) is 2. The van der Waals surface area contributed by atoms with Crippen LogP contribution in [0.4, 0.5) is 0 Å². The maximum Gasteiger partial charge on any atom is 0.241 e. The average Bonchev–Trinajstić information content (AvgIpc) is 2.95. The van der Waals surface area contributed by atoms with E-state index in [9.17, 15) is 4.79 Å². The van der Waals surface area contributed by atoms with Crippen LogP contribution in [0.1, 0.15) is 37.3 Å². The first-order valence-electron chi connectivity index (χ1n) is 7.59. The number of piperidine rings is 1. The molecular formula is C16H25Cl2N3O. The summed E-state index contributed by atoms with van der Waals surface area (Å²) in [6.45, 7) is 2.34. The van der Waals surface area contributed by atoms with Gasteiger partial charge < -0.3 is 16.0 Å². The second-order valence-corrected chi connectivity index (χ2v) is 5.95. The van der Waals surface area contributed by atoms with Gasteiger partial charge in [-0.3, -0.25) is 4.79 Å². The van der Waals surface area contributed by atoms with Gasteiger partial charge >= 0.3 is 0 Å².